The Morgan fingerprint density at radius 2 is 1.08 bits per heavy atom. The van der Waals surface area contributed by atoms with Crippen LogP contribution in [0.1, 0.15) is 129 Å². The van der Waals surface area contributed by atoms with Crippen molar-refractivity contribution in [3.8, 4) is 0 Å². The van der Waals surface area contributed by atoms with E-state index in [9.17, 15) is 0 Å². The van der Waals surface area contributed by atoms with E-state index in [-0.39, 0.29) is 16.5 Å². The molecule has 0 aliphatic heterocycles. The average molecular weight is 572 g/mol. The van der Waals surface area contributed by atoms with Crippen molar-refractivity contribution in [1.29, 1.82) is 0 Å². The molecule has 2 aromatic rings. The molecule has 0 unspecified atom stereocenters. The Balaban J connectivity index is 0.00000760. The van der Waals surface area contributed by atoms with Crippen LogP contribution in [-0.4, -0.2) is 11.4 Å². The smallest absolute Gasteiger partial charge is 0.0639 e. The molecule has 2 nitrogen and oxygen atoms in total. The van der Waals surface area contributed by atoms with E-state index in [0.717, 1.165) is 54.9 Å². The molecule has 0 saturated heterocycles. The molecule has 0 heterocycles. The van der Waals surface area contributed by atoms with Crippen LogP contribution in [0.2, 0.25) is 0 Å². The molecular formula is C36H52N2Ni. The molecule has 0 aliphatic carbocycles. The number of allylic oxidation sites excluding steroid dienone is 2. The first-order valence-electron chi connectivity index (χ1n) is 15.4. The molecule has 0 spiro atoms. The van der Waals surface area contributed by atoms with E-state index < -0.39 is 0 Å². The number of nitrogens with zero attached hydrogens (tertiary/aromatic N) is 2. The molecule has 2 aromatic carbocycles. The topological polar surface area (TPSA) is 24.7 Å². The first kappa shape index (κ1) is 34.8. The molecular weight excluding hydrogens is 519 g/mol. The standard InChI is InChI=1S/C36H52N2.Ni/c1-5-9-12-15-17-22-31-24-20-26-33(29-31)37-35(8-4)36(28-19-14-11-7-3)38-34-27-21-25-32(30-34)23-18-16-13-10-6-2;/h17-18,20-27,29-30H,5-16,19,28H2,1-4H3;. The van der Waals surface area contributed by atoms with Gasteiger partial charge < -0.3 is 0 Å². The first-order chi connectivity index (χ1) is 18.7. The monoisotopic (exact) mass is 570 g/mol. The van der Waals surface area contributed by atoms with Crippen molar-refractivity contribution in [2.75, 3.05) is 0 Å². The van der Waals surface area contributed by atoms with Crippen molar-refractivity contribution in [2.24, 2.45) is 9.98 Å². The summed E-state index contributed by atoms with van der Waals surface area (Å²) in [6.45, 7) is 8.97. The molecule has 0 aromatic heterocycles. The summed E-state index contributed by atoms with van der Waals surface area (Å²) < 4.78 is 0. The molecule has 0 N–H and O–H groups in total. The van der Waals surface area contributed by atoms with E-state index in [1.54, 1.807) is 0 Å². The van der Waals surface area contributed by atoms with Gasteiger partial charge in [0.25, 0.3) is 0 Å². The van der Waals surface area contributed by atoms with Crippen molar-refractivity contribution in [3.05, 3.63) is 71.8 Å². The van der Waals surface area contributed by atoms with Crippen LogP contribution in [0.5, 0.6) is 0 Å². The molecule has 0 fully saturated rings. The van der Waals surface area contributed by atoms with Crippen molar-refractivity contribution in [1.82, 2.24) is 0 Å². The molecule has 2 rings (SSSR count). The molecule has 0 aliphatic rings. The van der Waals surface area contributed by atoms with Gasteiger partial charge in [-0.1, -0.05) is 121 Å². The fraction of sp³-hybridized carbons (Fsp3) is 0.500. The van der Waals surface area contributed by atoms with Gasteiger partial charge in [-0.15, -0.1) is 0 Å². The largest absolute Gasteiger partial charge is 0.252 e. The van der Waals surface area contributed by atoms with Gasteiger partial charge in [-0.3, -0.25) is 9.98 Å². The zero-order valence-corrected chi connectivity index (χ0v) is 26.0. The fourth-order valence-electron chi connectivity index (χ4n) is 4.50. The Morgan fingerprint density at radius 3 is 1.56 bits per heavy atom. The number of rotatable bonds is 19. The SMILES string of the molecule is CCCCCC=Cc1cccc(N=C(CC)C(CCCCCC)=Nc2cccc(C=CCCCCC)c2)c1.[Ni]. The summed E-state index contributed by atoms with van der Waals surface area (Å²) in [5.41, 5.74) is 6.72. The van der Waals surface area contributed by atoms with E-state index in [0.29, 0.717) is 0 Å². The molecule has 0 saturated carbocycles. The number of unbranched alkanes of at least 4 members (excludes halogenated alkanes) is 9. The van der Waals surface area contributed by atoms with Gasteiger partial charge >= 0.3 is 0 Å². The van der Waals surface area contributed by atoms with E-state index >= 15 is 0 Å². The predicted molar refractivity (Wildman–Crippen MR) is 172 cm³/mol. The normalized spacial score (nSPS) is 12.4. The van der Waals surface area contributed by atoms with Crippen LogP contribution in [-0.2, 0) is 16.5 Å². The van der Waals surface area contributed by atoms with E-state index in [1.165, 1.54) is 68.9 Å². The second kappa shape index (κ2) is 22.6. The van der Waals surface area contributed by atoms with Gasteiger partial charge in [0.05, 0.1) is 22.8 Å². The Kier molecular flexibility index (Phi) is 20.1. The number of aliphatic imine (C=N–C) groups is 2. The summed E-state index contributed by atoms with van der Waals surface area (Å²) >= 11 is 0. The van der Waals surface area contributed by atoms with Crippen LogP contribution in [0.15, 0.2) is 70.7 Å². The van der Waals surface area contributed by atoms with Crippen molar-refractivity contribution >= 4 is 35.0 Å². The van der Waals surface area contributed by atoms with Crippen LogP contribution in [0.4, 0.5) is 11.4 Å². The Hall–Kier alpha value is -2.25. The maximum atomic E-state index is 5.18. The third kappa shape index (κ3) is 15.2. The second-order valence-corrected chi connectivity index (χ2v) is 10.3. The Bertz CT molecular complexity index is 1030. The van der Waals surface area contributed by atoms with Gasteiger partial charge in [0, 0.05) is 16.5 Å². The molecule has 0 radical (unpaired) electrons. The average Bonchev–Trinajstić information content (AvgIpc) is 2.94. The minimum absolute atomic E-state index is 0. The van der Waals surface area contributed by atoms with Gasteiger partial charge in [0.1, 0.15) is 0 Å². The van der Waals surface area contributed by atoms with Gasteiger partial charge in [-0.05, 0) is 80.3 Å². The van der Waals surface area contributed by atoms with Gasteiger partial charge in [-0.2, -0.15) is 0 Å². The van der Waals surface area contributed by atoms with E-state index in [2.05, 4.69) is 101 Å². The van der Waals surface area contributed by atoms with Gasteiger partial charge in [-0.25, -0.2) is 0 Å². The van der Waals surface area contributed by atoms with Crippen LogP contribution < -0.4 is 0 Å². The van der Waals surface area contributed by atoms with Gasteiger partial charge in [0.15, 0.2) is 0 Å². The minimum atomic E-state index is 0. The van der Waals surface area contributed by atoms with Gasteiger partial charge in [0.2, 0.25) is 0 Å². The molecule has 0 atom stereocenters. The van der Waals surface area contributed by atoms with Crippen LogP contribution in [0.25, 0.3) is 12.2 Å². The Morgan fingerprint density at radius 1 is 0.590 bits per heavy atom. The third-order valence-electron chi connectivity index (χ3n) is 6.77. The summed E-state index contributed by atoms with van der Waals surface area (Å²) in [4.78, 5) is 10.3. The van der Waals surface area contributed by atoms with Crippen molar-refractivity contribution in [2.45, 2.75) is 118 Å². The van der Waals surface area contributed by atoms with Crippen molar-refractivity contribution < 1.29 is 16.5 Å². The van der Waals surface area contributed by atoms with E-state index in [1.807, 2.05) is 0 Å². The maximum Gasteiger partial charge on any atom is 0.0639 e. The number of hydrogen-bond donors (Lipinski definition) is 0. The summed E-state index contributed by atoms with van der Waals surface area (Å²) in [7, 11) is 0. The summed E-state index contributed by atoms with van der Waals surface area (Å²) in [6, 6.07) is 17.2. The molecule has 3 heteroatoms. The maximum absolute atomic E-state index is 5.18. The van der Waals surface area contributed by atoms with Crippen LogP contribution in [0, 0.1) is 0 Å². The fourth-order valence-corrected chi connectivity index (χ4v) is 4.50. The minimum Gasteiger partial charge on any atom is -0.252 e. The quantitative estimate of drug-likeness (QED) is 0.0910. The van der Waals surface area contributed by atoms with Crippen LogP contribution in [0.3, 0.4) is 0 Å². The molecule has 0 amide bonds. The Labute approximate surface area is 250 Å². The molecule has 39 heavy (non-hydrogen) atoms. The predicted octanol–water partition coefficient (Wildman–Crippen LogP) is 12.1. The summed E-state index contributed by atoms with van der Waals surface area (Å²) in [5.74, 6) is 0. The number of hydrogen-bond acceptors (Lipinski definition) is 2. The summed E-state index contributed by atoms with van der Waals surface area (Å²) in [6.07, 6.45) is 25.8. The second-order valence-electron chi connectivity index (χ2n) is 10.3. The third-order valence-corrected chi connectivity index (χ3v) is 6.77. The number of benzene rings is 2. The zero-order chi connectivity index (χ0) is 27.3. The zero-order valence-electron chi connectivity index (χ0n) is 25.0. The van der Waals surface area contributed by atoms with E-state index in [4.69, 9.17) is 9.98 Å². The first-order valence-corrected chi connectivity index (χ1v) is 15.4. The molecule has 216 valence electrons. The van der Waals surface area contributed by atoms with Crippen molar-refractivity contribution in [3.63, 3.8) is 0 Å². The summed E-state index contributed by atoms with van der Waals surface area (Å²) in [5, 5.41) is 0. The van der Waals surface area contributed by atoms with Crippen LogP contribution >= 0.6 is 0 Å². The molecule has 0 bridgehead atoms.